The van der Waals surface area contributed by atoms with Crippen molar-refractivity contribution in [3.8, 4) is 5.75 Å². The minimum Gasteiger partial charge on any atom is -0.508 e. The van der Waals surface area contributed by atoms with Gasteiger partial charge in [0.05, 0.1) is 6.04 Å². The highest BCUT2D eigenvalue weighted by atomic mass is 16.3. The lowest BCUT2D eigenvalue weighted by Gasteiger charge is -2.18. The van der Waals surface area contributed by atoms with Gasteiger partial charge in [-0.1, -0.05) is 50.5 Å². The molecule has 0 bridgehead atoms. The summed E-state index contributed by atoms with van der Waals surface area (Å²) in [5, 5.41) is 15.3. The lowest BCUT2D eigenvalue weighted by molar-refractivity contribution is -0.125. The Balaban J connectivity index is 1.93. The highest BCUT2D eigenvalue weighted by Crippen LogP contribution is 2.13. The Hall–Kier alpha value is -2.99. The van der Waals surface area contributed by atoms with Crippen molar-refractivity contribution in [2.75, 3.05) is 7.05 Å². The molecule has 2 rings (SSSR count). The zero-order chi connectivity index (χ0) is 23.3. The molecule has 0 heterocycles. The molecule has 0 fully saturated rings. The van der Waals surface area contributed by atoms with E-state index < -0.39 is 6.04 Å². The second-order valence-corrected chi connectivity index (χ2v) is 8.10. The molecule has 0 aliphatic carbocycles. The maximum absolute atomic E-state index is 12.8. The number of unbranched alkanes of at least 4 members (excludes halogenated alkanes) is 2. The van der Waals surface area contributed by atoms with E-state index in [0.717, 1.165) is 36.9 Å². The van der Waals surface area contributed by atoms with Crippen LogP contribution in [-0.2, 0) is 22.6 Å². The Bertz CT molecular complexity index is 893. The Morgan fingerprint density at radius 1 is 0.969 bits per heavy atom. The molecule has 0 radical (unpaired) electrons. The highest BCUT2D eigenvalue weighted by molar-refractivity contribution is 5.98. The van der Waals surface area contributed by atoms with Crippen LogP contribution in [0.3, 0.4) is 0 Å². The lowest BCUT2D eigenvalue weighted by atomic mass is 9.97. The number of carbonyl (C=O) groups is 3. The average molecular weight is 439 g/mol. The van der Waals surface area contributed by atoms with Gasteiger partial charge in [-0.3, -0.25) is 14.4 Å². The predicted molar refractivity (Wildman–Crippen MR) is 126 cm³/mol. The maximum Gasteiger partial charge on any atom is 0.251 e. The first-order valence-corrected chi connectivity index (χ1v) is 11.3. The number of phenolic OH excluding ortho intramolecular Hbond substituents is 1. The van der Waals surface area contributed by atoms with Gasteiger partial charge in [-0.05, 0) is 48.9 Å². The Morgan fingerprint density at radius 3 is 2.38 bits per heavy atom. The van der Waals surface area contributed by atoms with Gasteiger partial charge in [0, 0.05) is 31.4 Å². The van der Waals surface area contributed by atoms with Gasteiger partial charge in [0.1, 0.15) is 11.5 Å². The third-order valence-electron chi connectivity index (χ3n) is 5.34. The molecule has 1 atom stereocenters. The summed E-state index contributed by atoms with van der Waals surface area (Å²) in [6.45, 7) is 2.82. The molecule has 0 aliphatic heterocycles. The summed E-state index contributed by atoms with van der Waals surface area (Å²) in [5.41, 5.74) is 2.44. The van der Waals surface area contributed by atoms with E-state index in [1.54, 1.807) is 0 Å². The summed E-state index contributed by atoms with van der Waals surface area (Å²) in [4.78, 5) is 37.9. The Labute approximate surface area is 190 Å². The van der Waals surface area contributed by atoms with Gasteiger partial charge in [-0.2, -0.15) is 0 Å². The number of phenols is 1. The molecule has 0 aromatic heterocycles. The monoisotopic (exact) mass is 438 g/mol. The van der Waals surface area contributed by atoms with Crippen LogP contribution >= 0.6 is 0 Å². The van der Waals surface area contributed by atoms with E-state index in [4.69, 9.17) is 0 Å². The summed E-state index contributed by atoms with van der Waals surface area (Å²) in [6, 6.07) is 13.2. The molecule has 32 heavy (non-hydrogen) atoms. The molecule has 0 spiro atoms. The van der Waals surface area contributed by atoms with Crippen molar-refractivity contribution in [1.82, 2.24) is 10.6 Å². The van der Waals surface area contributed by atoms with Crippen molar-refractivity contribution < 1.29 is 19.5 Å². The largest absolute Gasteiger partial charge is 0.508 e. The maximum atomic E-state index is 12.8. The van der Waals surface area contributed by atoms with E-state index in [-0.39, 0.29) is 36.1 Å². The van der Waals surface area contributed by atoms with Crippen molar-refractivity contribution in [3.63, 3.8) is 0 Å². The number of nitrogens with one attached hydrogen (secondary N) is 2. The topological polar surface area (TPSA) is 95.5 Å². The standard InChI is InChI=1S/C26H34N2O4/c1-3-4-5-9-24(28-26(32)21-10-12-22(29)13-11-21)25(31)15-14-23(30)17-19-7-6-8-20(16-19)18-27-2/h6-8,10-13,16,24,27,29H,3-5,9,14-15,17-18H2,1-2H3,(H,28,32). The molecule has 172 valence electrons. The number of hydrogen-bond acceptors (Lipinski definition) is 5. The molecule has 0 saturated heterocycles. The number of Topliss-reactive ketones (excluding diaryl/α,β-unsaturated/α-hetero) is 2. The number of rotatable bonds is 14. The summed E-state index contributed by atoms with van der Waals surface area (Å²) < 4.78 is 0. The first kappa shape index (κ1) is 25.3. The van der Waals surface area contributed by atoms with Crippen LogP contribution in [0.25, 0.3) is 0 Å². The van der Waals surface area contributed by atoms with E-state index in [1.807, 2.05) is 31.3 Å². The second-order valence-electron chi connectivity index (χ2n) is 8.10. The molecule has 1 unspecified atom stereocenters. The van der Waals surface area contributed by atoms with E-state index in [1.165, 1.54) is 24.3 Å². The van der Waals surface area contributed by atoms with E-state index in [2.05, 4.69) is 17.6 Å². The van der Waals surface area contributed by atoms with Crippen molar-refractivity contribution >= 4 is 17.5 Å². The van der Waals surface area contributed by atoms with Gasteiger partial charge in [0.25, 0.3) is 5.91 Å². The van der Waals surface area contributed by atoms with Crippen molar-refractivity contribution in [3.05, 3.63) is 65.2 Å². The van der Waals surface area contributed by atoms with Crippen LogP contribution in [-0.4, -0.2) is 35.7 Å². The van der Waals surface area contributed by atoms with Crippen LogP contribution in [0, 0.1) is 0 Å². The minimum absolute atomic E-state index is 0.0112. The van der Waals surface area contributed by atoms with Crippen LogP contribution in [0.1, 0.15) is 66.9 Å². The third kappa shape index (κ3) is 8.63. The number of aromatic hydroxyl groups is 1. The van der Waals surface area contributed by atoms with E-state index in [9.17, 15) is 19.5 Å². The number of hydrogen-bond donors (Lipinski definition) is 3. The Morgan fingerprint density at radius 2 is 1.69 bits per heavy atom. The van der Waals surface area contributed by atoms with Gasteiger partial charge in [0.15, 0.2) is 5.78 Å². The van der Waals surface area contributed by atoms with Crippen LogP contribution in [0.4, 0.5) is 0 Å². The molecule has 0 aliphatic rings. The molecule has 0 saturated carbocycles. The molecule has 2 aromatic carbocycles. The van der Waals surface area contributed by atoms with Gasteiger partial charge in [0.2, 0.25) is 0 Å². The highest BCUT2D eigenvalue weighted by Gasteiger charge is 2.21. The molecule has 3 N–H and O–H groups in total. The lowest BCUT2D eigenvalue weighted by Crippen LogP contribution is -2.41. The molecule has 6 heteroatoms. The Kier molecular flexibility index (Phi) is 10.6. The first-order valence-electron chi connectivity index (χ1n) is 11.3. The second kappa shape index (κ2) is 13.4. The zero-order valence-electron chi connectivity index (χ0n) is 19.0. The zero-order valence-corrected chi connectivity index (χ0v) is 19.0. The van der Waals surface area contributed by atoms with Gasteiger partial charge in [-0.25, -0.2) is 0 Å². The van der Waals surface area contributed by atoms with Crippen molar-refractivity contribution in [1.29, 1.82) is 0 Å². The van der Waals surface area contributed by atoms with Crippen LogP contribution in [0.2, 0.25) is 0 Å². The number of carbonyl (C=O) groups excluding carboxylic acids is 3. The normalized spacial score (nSPS) is 11.7. The van der Waals surface area contributed by atoms with E-state index >= 15 is 0 Å². The first-order chi connectivity index (χ1) is 15.4. The quantitative estimate of drug-likeness (QED) is 0.388. The van der Waals surface area contributed by atoms with Crippen LogP contribution in [0.5, 0.6) is 5.75 Å². The average Bonchev–Trinajstić information content (AvgIpc) is 2.78. The van der Waals surface area contributed by atoms with Gasteiger partial charge < -0.3 is 15.7 Å². The molecule has 1 amide bonds. The number of amides is 1. The summed E-state index contributed by atoms with van der Waals surface area (Å²) in [7, 11) is 1.88. The van der Waals surface area contributed by atoms with Crippen LogP contribution in [0.15, 0.2) is 48.5 Å². The molecular formula is C26H34N2O4. The molecule has 2 aromatic rings. The predicted octanol–water partition coefficient (Wildman–Crippen LogP) is 3.95. The minimum atomic E-state index is -0.616. The van der Waals surface area contributed by atoms with Gasteiger partial charge in [-0.15, -0.1) is 0 Å². The molecular weight excluding hydrogens is 404 g/mol. The number of ketones is 2. The van der Waals surface area contributed by atoms with Crippen molar-refractivity contribution in [2.45, 2.75) is 64.5 Å². The smallest absolute Gasteiger partial charge is 0.251 e. The summed E-state index contributed by atoms with van der Waals surface area (Å²) in [6.07, 6.45) is 3.94. The third-order valence-corrected chi connectivity index (χ3v) is 5.34. The summed E-state index contributed by atoms with van der Waals surface area (Å²) in [5.74, 6) is -0.387. The molecule has 6 nitrogen and oxygen atoms in total. The fourth-order valence-electron chi connectivity index (χ4n) is 3.57. The fourth-order valence-corrected chi connectivity index (χ4v) is 3.57. The SMILES string of the molecule is CCCCCC(NC(=O)c1ccc(O)cc1)C(=O)CCC(=O)Cc1cccc(CNC)c1. The van der Waals surface area contributed by atoms with Gasteiger partial charge >= 0.3 is 0 Å². The van der Waals surface area contributed by atoms with Crippen molar-refractivity contribution in [2.24, 2.45) is 0 Å². The fraction of sp³-hybridized carbons (Fsp3) is 0.423. The van der Waals surface area contributed by atoms with E-state index in [0.29, 0.717) is 18.4 Å². The summed E-state index contributed by atoms with van der Waals surface area (Å²) >= 11 is 0. The number of benzene rings is 2. The van der Waals surface area contributed by atoms with Crippen LogP contribution < -0.4 is 10.6 Å².